The zero-order valence-electron chi connectivity index (χ0n) is 20.0. The second-order valence-electron chi connectivity index (χ2n) is 11.4. The molecule has 4 heteroatoms. The van der Waals surface area contributed by atoms with Crippen LogP contribution in [0.4, 0.5) is 0 Å². The predicted octanol–water partition coefficient (Wildman–Crippen LogP) is 4.68. The Labute approximate surface area is 188 Å². The number of fused-ring (bicyclic) bond motifs is 1. The number of aliphatic hydroxyl groups is 4. The maximum Gasteiger partial charge on any atom is 0.108 e. The molecular weight excluding hydrogens is 388 g/mol. The van der Waals surface area contributed by atoms with Crippen molar-refractivity contribution < 1.29 is 20.4 Å². The van der Waals surface area contributed by atoms with Crippen molar-refractivity contribution >= 4 is 0 Å². The topological polar surface area (TPSA) is 80.9 Å². The standard InChI is InChI=1S/C27H44O4/c1-17-8-11-21(28)16-20(17)10-9-19-7-6-14-27(5)22(12-13-23(19)27)18(2)15-24(29)25(30)26(3,4)31/h9-10,18,21-25,28-31H,1,6-8,11-16H2,2-5H3/b19-9?,20-10-/t18-,21+,22-,23?,24+,25-,27-/m1/s1. The van der Waals surface area contributed by atoms with Crippen LogP contribution in [0.25, 0.3) is 0 Å². The highest BCUT2D eigenvalue weighted by atomic mass is 16.4. The molecule has 3 aliphatic carbocycles. The van der Waals surface area contributed by atoms with E-state index in [0.717, 1.165) is 31.3 Å². The molecule has 0 saturated heterocycles. The fraction of sp³-hybridized carbons (Fsp3) is 0.778. The van der Waals surface area contributed by atoms with Gasteiger partial charge < -0.3 is 20.4 Å². The van der Waals surface area contributed by atoms with E-state index in [1.54, 1.807) is 13.8 Å². The van der Waals surface area contributed by atoms with Crippen molar-refractivity contribution in [3.8, 4) is 0 Å². The summed E-state index contributed by atoms with van der Waals surface area (Å²) in [7, 11) is 0. The molecule has 0 radical (unpaired) electrons. The number of rotatable bonds is 6. The van der Waals surface area contributed by atoms with Crippen molar-refractivity contribution in [2.24, 2.45) is 23.2 Å². The van der Waals surface area contributed by atoms with Crippen molar-refractivity contribution in [2.45, 2.75) is 109 Å². The summed E-state index contributed by atoms with van der Waals surface area (Å²) in [5.74, 6) is 1.35. The van der Waals surface area contributed by atoms with Crippen LogP contribution in [0.2, 0.25) is 0 Å². The van der Waals surface area contributed by atoms with Crippen LogP contribution in [0.15, 0.2) is 35.5 Å². The first-order valence-corrected chi connectivity index (χ1v) is 12.3. The highest BCUT2D eigenvalue weighted by Gasteiger charge is 2.51. The molecule has 3 fully saturated rings. The Hall–Kier alpha value is -0.940. The van der Waals surface area contributed by atoms with E-state index in [0.29, 0.717) is 24.7 Å². The molecule has 31 heavy (non-hydrogen) atoms. The minimum absolute atomic E-state index is 0.213. The maximum absolute atomic E-state index is 10.5. The average molecular weight is 433 g/mol. The molecule has 0 aliphatic heterocycles. The van der Waals surface area contributed by atoms with Crippen molar-refractivity contribution in [1.82, 2.24) is 0 Å². The second-order valence-corrected chi connectivity index (χ2v) is 11.4. The number of allylic oxidation sites excluding steroid dienone is 4. The first-order chi connectivity index (χ1) is 14.4. The quantitative estimate of drug-likeness (QED) is 0.491. The summed E-state index contributed by atoms with van der Waals surface area (Å²) >= 11 is 0. The summed E-state index contributed by atoms with van der Waals surface area (Å²) in [6.45, 7) is 11.9. The van der Waals surface area contributed by atoms with E-state index in [1.165, 1.54) is 30.4 Å². The zero-order valence-corrected chi connectivity index (χ0v) is 20.0. The molecule has 1 unspecified atom stereocenters. The Bertz CT molecular complexity index is 715. The summed E-state index contributed by atoms with van der Waals surface area (Å²) in [4.78, 5) is 0. The van der Waals surface area contributed by atoms with Crippen LogP contribution in [0.3, 0.4) is 0 Å². The van der Waals surface area contributed by atoms with Crippen LogP contribution in [-0.4, -0.2) is 44.3 Å². The van der Waals surface area contributed by atoms with Gasteiger partial charge in [-0.1, -0.05) is 43.7 Å². The van der Waals surface area contributed by atoms with E-state index in [9.17, 15) is 20.4 Å². The SMILES string of the molecule is C=C1CC[C@H](O)C/C1=C/C=C1CCC[C@@]2(C)C1CC[C@@H]2[C@H](C)C[C@H](O)[C@@H](O)C(C)(C)O. The molecule has 7 atom stereocenters. The third-order valence-corrected chi connectivity index (χ3v) is 8.61. The molecular formula is C27H44O4. The van der Waals surface area contributed by atoms with Gasteiger partial charge in [-0.05, 0) is 100 Å². The number of hydrogen-bond acceptors (Lipinski definition) is 4. The lowest BCUT2D eigenvalue weighted by Gasteiger charge is -2.45. The highest BCUT2D eigenvalue weighted by molar-refractivity contribution is 5.36. The van der Waals surface area contributed by atoms with Gasteiger partial charge >= 0.3 is 0 Å². The van der Waals surface area contributed by atoms with Crippen LogP contribution in [-0.2, 0) is 0 Å². The lowest BCUT2D eigenvalue weighted by Crippen LogP contribution is -2.46. The van der Waals surface area contributed by atoms with Crippen molar-refractivity contribution in [3.63, 3.8) is 0 Å². The van der Waals surface area contributed by atoms with Gasteiger partial charge in [-0.2, -0.15) is 0 Å². The van der Waals surface area contributed by atoms with E-state index in [1.807, 2.05) is 0 Å². The van der Waals surface area contributed by atoms with Gasteiger partial charge in [-0.15, -0.1) is 0 Å². The Morgan fingerprint density at radius 1 is 1.16 bits per heavy atom. The largest absolute Gasteiger partial charge is 0.393 e. The Morgan fingerprint density at radius 3 is 2.55 bits per heavy atom. The molecule has 3 rings (SSSR count). The molecule has 0 aromatic rings. The van der Waals surface area contributed by atoms with Gasteiger partial charge in [0.25, 0.3) is 0 Å². The smallest absolute Gasteiger partial charge is 0.108 e. The first-order valence-electron chi connectivity index (χ1n) is 12.3. The van der Waals surface area contributed by atoms with Crippen LogP contribution in [0.1, 0.15) is 85.5 Å². The predicted molar refractivity (Wildman–Crippen MR) is 125 cm³/mol. The lowest BCUT2D eigenvalue weighted by atomic mass is 9.60. The lowest BCUT2D eigenvalue weighted by molar-refractivity contribution is -0.113. The van der Waals surface area contributed by atoms with Crippen molar-refractivity contribution in [3.05, 3.63) is 35.5 Å². The first kappa shape index (κ1) is 24.7. The van der Waals surface area contributed by atoms with Gasteiger partial charge in [-0.3, -0.25) is 0 Å². The minimum atomic E-state index is -1.30. The van der Waals surface area contributed by atoms with Crippen molar-refractivity contribution in [1.29, 1.82) is 0 Å². The van der Waals surface area contributed by atoms with E-state index < -0.39 is 17.8 Å². The van der Waals surface area contributed by atoms with Crippen molar-refractivity contribution in [2.75, 3.05) is 0 Å². The molecule has 3 saturated carbocycles. The van der Waals surface area contributed by atoms with Crippen LogP contribution < -0.4 is 0 Å². The summed E-state index contributed by atoms with van der Waals surface area (Å²) in [5, 5.41) is 40.9. The average Bonchev–Trinajstić information content (AvgIpc) is 3.04. The fourth-order valence-corrected chi connectivity index (χ4v) is 6.75. The molecule has 0 spiro atoms. The molecule has 0 heterocycles. The van der Waals surface area contributed by atoms with E-state index >= 15 is 0 Å². The van der Waals surface area contributed by atoms with E-state index in [4.69, 9.17) is 0 Å². The summed E-state index contributed by atoms with van der Waals surface area (Å²) in [5.41, 5.74) is 2.81. The molecule has 176 valence electrons. The number of aliphatic hydroxyl groups excluding tert-OH is 3. The number of hydrogen-bond donors (Lipinski definition) is 4. The van der Waals surface area contributed by atoms with Gasteiger partial charge in [0, 0.05) is 0 Å². The zero-order chi connectivity index (χ0) is 23.0. The van der Waals surface area contributed by atoms with E-state index in [2.05, 4.69) is 32.6 Å². The van der Waals surface area contributed by atoms with Crippen LogP contribution in [0.5, 0.6) is 0 Å². The van der Waals surface area contributed by atoms with Crippen LogP contribution >= 0.6 is 0 Å². The Balaban J connectivity index is 1.72. The highest BCUT2D eigenvalue weighted by Crippen LogP contribution is 2.60. The summed E-state index contributed by atoms with van der Waals surface area (Å²) in [6.07, 6.45) is 11.0. The Kier molecular flexibility index (Phi) is 7.57. The van der Waals surface area contributed by atoms with Crippen LogP contribution in [0, 0.1) is 23.2 Å². The molecule has 4 N–H and O–H groups in total. The van der Waals surface area contributed by atoms with E-state index in [-0.39, 0.29) is 17.4 Å². The molecule has 0 amide bonds. The second kappa shape index (κ2) is 9.51. The summed E-state index contributed by atoms with van der Waals surface area (Å²) in [6, 6.07) is 0. The molecule has 0 bridgehead atoms. The molecule has 0 aromatic carbocycles. The molecule has 4 nitrogen and oxygen atoms in total. The van der Waals surface area contributed by atoms with Gasteiger partial charge in [0.05, 0.1) is 17.8 Å². The monoisotopic (exact) mass is 432 g/mol. The van der Waals surface area contributed by atoms with Gasteiger partial charge in [-0.25, -0.2) is 0 Å². The van der Waals surface area contributed by atoms with Gasteiger partial charge in [0.15, 0.2) is 0 Å². The van der Waals surface area contributed by atoms with Gasteiger partial charge in [0.2, 0.25) is 0 Å². The third-order valence-electron chi connectivity index (χ3n) is 8.61. The maximum atomic E-state index is 10.5. The minimum Gasteiger partial charge on any atom is -0.393 e. The molecule has 0 aromatic heterocycles. The molecule has 3 aliphatic rings. The fourth-order valence-electron chi connectivity index (χ4n) is 6.75. The van der Waals surface area contributed by atoms with Gasteiger partial charge in [0.1, 0.15) is 6.10 Å². The summed E-state index contributed by atoms with van der Waals surface area (Å²) < 4.78 is 0. The normalized spacial score (nSPS) is 37.7. The third kappa shape index (κ3) is 5.35. The Morgan fingerprint density at radius 2 is 1.87 bits per heavy atom.